The van der Waals surface area contributed by atoms with Crippen LogP contribution in [0.15, 0.2) is 25.1 Å². The first-order valence-electron chi connectivity index (χ1n) is 3.42. The lowest BCUT2D eigenvalue weighted by Crippen LogP contribution is -2.27. The van der Waals surface area contributed by atoms with Crippen LogP contribution in [0.5, 0.6) is 0 Å². The molecule has 0 rings (SSSR count). The van der Waals surface area contributed by atoms with Crippen LogP contribution in [-0.4, -0.2) is 12.5 Å². The third-order valence-corrected chi connectivity index (χ3v) is 0.954. The molecule has 0 amide bonds. The quantitative estimate of drug-likeness (QED) is 0.543. The fraction of sp³-hybridized carbons (Fsp3) is 0.500. The normalized spacial score (nSPS) is 10.7. The van der Waals surface area contributed by atoms with E-state index in [0.29, 0.717) is 0 Å². The molecule has 0 aliphatic carbocycles. The van der Waals surface area contributed by atoms with Crippen molar-refractivity contribution < 1.29 is 4.65 Å². The summed E-state index contributed by atoms with van der Waals surface area (Å²) in [5.41, 5.74) is -0.118. The molecule has 1 nitrogen and oxygen atoms in total. The van der Waals surface area contributed by atoms with Crippen LogP contribution in [0.2, 0.25) is 0 Å². The first kappa shape index (κ1) is 9.50. The zero-order valence-electron chi connectivity index (χ0n) is 7.05. The van der Waals surface area contributed by atoms with E-state index in [4.69, 9.17) is 4.65 Å². The molecule has 0 spiro atoms. The first-order valence-corrected chi connectivity index (χ1v) is 3.42. The summed E-state index contributed by atoms with van der Waals surface area (Å²) < 4.78 is 5.50. The van der Waals surface area contributed by atoms with Crippen LogP contribution in [-0.2, 0) is 4.65 Å². The fourth-order valence-corrected chi connectivity index (χ4v) is 0.601. The van der Waals surface area contributed by atoms with Crippen LogP contribution in [0.3, 0.4) is 0 Å². The van der Waals surface area contributed by atoms with Gasteiger partial charge in [0, 0.05) is 5.60 Å². The van der Waals surface area contributed by atoms with Crippen molar-refractivity contribution in [1.29, 1.82) is 0 Å². The summed E-state index contributed by atoms with van der Waals surface area (Å²) in [7, 11) is 0. The highest BCUT2D eigenvalue weighted by Crippen LogP contribution is 2.09. The summed E-state index contributed by atoms with van der Waals surface area (Å²) >= 11 is 0. The highest BCUT2D eigenvalue weighted by Gasteiger charge is 2.16. The van der Waals surface area contributed by atoms with Gasteiger partial charge in [-0.1, -0.05) is 12.0 Å². The molecule has 0 bridgehead atoms. The third-order valence-electron chi connectivity index (χ3n) is 0.954. The van der Waals surface area contributed by atoms with Gasteiger partial charge in [0.05, 0.1) is 0 Å². The lowest BCUT2D eigenvalue weighted by molar-refractivity contribution is 0.135. The molecule has 56 valence electrons. The standard InChI is InChI=1S/C8H15BO/c1-6-9(7-2)10-8(3,4)5/h6-7H,1-2H2,3-5H3. The summed E-state index contributed by atoms with van der Waals surface area (Å²) in [5.74, 6) is 3.47. The van der Waals surface area contributed by atoms with E-state index >= 15 is 0 Å². The van der Waals surface area contributed by atoms with Crippen molar-refractivity contribution in [3.05, 3.63) is 25.1 Å². The van der Waals surface area contributed by atoms with Crippen LogP contribution in [0.25, 0.3) is 0 Å². The van der Waals surface area contributed by atoms with Crippen molar-refractivity contribution in [2.24, 2.45) is 0 Å². The molecule has 0 atom stereocenters. The van der Waals surface area contributed by atoms with E-state index in [2.05, 4.69) is 13.2 Å². The van der Waals surface area contributed by atoms with Crippen molar-refractivity contribution in [3.8, 4) is 0 Å². The van der Waals surface area contributed by atoms with E-state index < -0.39 is 0 Å². The van der Waals surface area contributed by atoms with Gasteiger partial charge >= 0.3 is 6.92 Å². The molecule has 0 radical (unpaired) electrons. The Hall–Kier alpha value is -0.495. The minimum absolute atomic E-state index is 0.0278. The van der Waals surface area contributed by atoms with Gasteiger partial charge in [0.15, 0.2) is 0 Å². The fourth-order valence-electron chi connectivity index (χ4n) is 0.601. The molecule has 10 heavy (non-hydrogen) atoms. The SMILES string of the molecule is C=CB(C=C)OC(C)(C)C. The number of hydrogen-bond donors (Lipinski definition) is 0. The molecule has 0 N–H and O–H groups in total. The van der Waals surface area contributed by atoms with Gasteiger partial charge in [-0.05, 0) is 20.8 Å². The van der Waals surface area contributed by atoms with Gasteiger partial charge in [0.25, 0.3) is 0 Å². The average molecular weight is 138 g/mol. The van der Waals surface area contributed by atoms with Crippen molar-refractivity contribution in [2.75, 3.05) is 0 Å². The number of hydrogen-bond acceptors (Lipinski definition) is 1. The molecule has 0 fully saturated rings. The molecule has 0 saturated carbocycles. The van der Waals surface area contributed by atoms with Crippen molar-refractivity contribution in [3.63, 3.8) is 0 Å². The lowest BCUT2D eigenvalue weighted by Gasteiger charge is -2.22. The zero-order chi connectivity index (χ0) is 8.20. The summed E-state index contributed by atoms with van der Waals surface area (Å²) in [5, 5.41) is 0. The van der Waals surface area contributed by atoms with E-state index in [1.165, 1.54) is 0 Å². The molecule has 0 aromatic carbocycles. The Morgan fingerprint density at radius 1 is 1.20 bits per heavy atom. The van der Waals surface area contributed by atoms with Gasteiger partial charge < -0.3 is 4.65 Å². The smallest absolute Gasteiger partial charge is 0.345 e. The van der Waals surface area contributed by atoms with Crippen LogP contribution >= 0.6 is 0 Å². The average Bonchev–Trinajstić information content (AvgIpc) is 1.81. The van der Waals surface area contributed by atoms with Crippen LogP contribution in [0.4, 0.5) is 0 Å². The monoisotopic (exact) mass is 138 g/mol. The molecule has 2 heteroatoms. The highest BCUT2D eigenvalue weighted by atomic mass is 16.5. The zero-order valence-corrected chi connectivity index (χ0v) is 7.05. The number of rotatable bonds is 3. The Balaban J connectivity index is 3.85. The second-order valence-corrected chi connectivity index (χ2v) is 3.17. The summed E-state index contributed by atoms with van der Waals surface area (Å²) in [6, 6.07) is 0. The van der Waals surface area contributed by atoms with Crippen LogP contribution in [0.1, 0.15) is 20.8 Å². The summed E-state index contributed by atoms with van der Waals surface area (Å²) in [6.07, 6.45) is 0. The maximum atomic E-state index is 5.50. The second-order valence-electron chi connectivity index (χ2n) is 3.17. The van der Waals surface area contributed by atoms with Gasteiger partial charge in [-0.3, -0.25) is 0 Å². The van der Waals surface area contributed by atoms with E-state index in [1.807, 2.05) is 20.8 Å². The third kappa shape index (κ3) is 4.39. The molecule has 0 aromatic heterocycles. The Labute approximate surface area is 63.9 Å². The van der Waals surface area contributed by atoms with Crippen LogP contribution < -0.4 is 0 Å². The van der Waals surface area contributed by atoms with Gasteiger partial charge in [-0.2, -0.15) is 0 Å². The maximum absolute atomic E-state index is 5.50. The Morgan fingerprint density at radius 3 is 1.70 bits per heavy atom. The topological polar surface area (TPSA) is 9.23 Å². The molecular weight excluding hydrogens is 123 g/mol. The van der Waals surface area contributed by atoms with E-state index in [0.717, 1.165) is 0 Å². The lowest BCUT2D eigenvalue weighted by atomic mass is 9.68. The van der Waals surface area contributed by atoms with Gasteiger partial charge in [0.2, 0.25) is 0 Å². The second kappa shape index (κ2) is 3.62. The van der Waals surface area contributed by atoms with E-state index in [-0.39, 0.29) is 12.5 Å². The largest absolute Gasteiger partial charge is 0.423 e. The van der Waals surface area contributed by atoms with E-state index in [9.17, 15) is 0 Å². The van der Waals surface area contributed by atoms with Crippen molar-refractivity contribution in [2.45, 2.75) is 26.4 Å². The summed E-state index contributed by atoms with van der Waals surface area (Å²) in [4.78, 5) is 0. The predicted molar refractivity (Wildman–Crippen MR) is 47.0 cm³/mol. The predicted octanol–water partition coefficient (Wildman–Crippen LogP) is 2.24. The molecule has 0 aliphatic heterocycles. The first-order chi connectivity index (χ1) is 4.49. The van der Waals surface area contributed by atoms with Gasteiger partial charge in [-0.15, -0.1) is 13.2 Å². The van der Waals surface area contributed by atoms with Crippen molar-refractivity contribution in [1.82, 2.24) is 0 Å². The van der Waals surface area contributed by atoms with Crippen molar-refractivity contribution >= 4 is 6.92 Å². The molecule has 0 aliphatic rings. The molecule has 0 heterocycles. The Kier molecular flexibility index (Phi) is 3.44. The molecule has 0 saturated heterocycles. The minimum atomic E-state index is -0.118. The van der Waals surface area contributed by atoms with E-state index in [1.54, 1.807) is 12.0 Å². The Morgan fingerprint density at radius 2 is 1.60 bits per heavy atom. The highest BCUT2D eigenvalue weighted by molar-refractivity contribution is 6.62. The molecular formula is C8H15BO. The minimum Gasteiger partial charge on any atom is -0.423 e. The molecule has 0 aromatic rings. The van der Waals surface area contributed by atoms with Crippen LogP contribution in [0, 0.1) is 0 Å². The Bertz CT molecular complexity index is 116. The van der Waals surface area contributed by atoms with Gasteiger partial charge in [0.1, 0.15) is 0 Å². The maximum Gasteiger partial charge on any atom is 0.345 e. The van der Waals surface area contributed by atoms with Gasteiger partial charge in [-0.25, -0.2) is 0 Å². The molecule has 0 unspecified atom stereocenters. The summed E-state index contributed by atoms with van der Waals surface area (Å²) in [6.45, 7) is 13.2.